The first-order valence-corrected chi connectivity index (χ1v) is 2.67. The molecule has 0 N–H and O–H groups in total. The van der Waals surface area contributed by atoms with Crippen molar-refractivity contribution in [2.24, 2.45) is 0 Å². The summed E-state index contributed by atoms with van der Waals surface area (Å²) in [7, 11) is 0. The number of hydrogen-bond donors (Lipinski definition) is 0. The van der Waals surface area contributed by atoms with Crippen molar-refractivity contribution in [1.82, 2.24) is 5.12 Å². The fraction of sp³-hybridized carbons (Fsp3) is 0.800. The molecule has 0 spiro atoms. The molecule has 1 rings (SSSR count). The molecule has 8 heavy (non-hydrogen) atoms. The summed E-state index contributed by atoms with van der Waals surface area (Å²) in [6, 6.07) is -0.160. The topological polar surface area (TPSA) is 20.3 Å². The van der Waals surface area contributed by atoms with Crippen molar-refractivity contribution in [3.63, 3.8) is 0 Å². The van der Waals surface area contributed by atoms with Crippen LogP contribution in [0.4, 0.5) is 4.48 Å². The third-order valence-electron chi connectivity index (χ3n) is 1.48. The van der Waals surface area contributed by atoms with Gasteiger partial charge in [0.15, 0.2) is 0 Å². The predicted octanol–water partition coefficient (Wildman–Crippen LogP) is 0.793. The number of rotatable bonds is 2. The van der Waals surface area contributed by atoms with Gasteiger partial charge in [0, 0.05) is 0 Å². The average molecular weight is 116 g/mol. The van der Waals surface area contributed by atoms with Crippen molar-refractivity contribution >= 4 is 6.41 Å². The minimum absolute atomic E-state index is 0.128. The maximum Gasteiger partial charge on any atom is 0.342 e. The van der Waals surface area contributed by atoms with Crippen LogP contribution in [-0.4, -0.2) is 17.6 Å². The Morgan fingerprint density at radius 2 is 2.25 bits per heavy atom. The van der Waals surface area contributed by atoms with Gasteiger partial charge >= 0.3 is 6.41 Å². The van der Waals surface area contributed by atoms with Crippen LogP contribution >= 0.6 is 0 Å². The molecule has 0 atom stereocenters. The lowest BCUT2D eigenvalue weighted by atomic mass is 9.93. The van der Waals surface area contributed by atoms with Crippen LogP contribution in [0.2, 0.25) is 0 Å². The quantitative estimate of drug-likeness (QED) is 0.386. The Bertz CT molecular complexity index is 92.4. The highest BCUT2D eigenvalue weighted by molar-refractivity contribution is 5.46. The zero-order valence-corrected chi connectivity index (χ0v) is 4.43. The number of carbonyl (C=O) groups excluding carboxylic acids is 1. The van der Waals surface area contributed by atoms with E-state index in [1.807, 2.05) is 0 Å². The normalized spacial score (nSPS) is 19.6. The molecule has 1 fully saturated rings. The minimum Gasteiger partial charge on any atom is -0.261 e. The first-order chi connectivity index (χ1) is 3.84. The molecule has 45 valence electrons. The van der Waals surface area contributed by atoms with Crippen LogP contribution in [0.25, 0.3) is 0 Å². The summed E-state index contributed by atoms with van der Waals surface area (Å²) in [4.78, 5) is 9.57. The van der Waals surface area contributed by atoms with E-state index in [0.29, 0.717) is 0 Å². The van der Waals surface area contributed by atoms with E-state index in [1.165, 1.54) is 6.41 Å². The van der Waals surface area contributed by atoms with Crippen molar-refractivity contribution in [2.45, 2.75) is 25.3 Å². The monoisotopic (exact) mass is 116 g/mol. The fourth-order valence-electron chi connectivity index (χ4n) is 0.688. The van der Waals surface area contributed by atoms with Crippen LogP contribution in [-0.2, 0) is 4.79 Å². The van der Waals surface area contributed by atoms with Crippen molar-refractivity contribution in [3.8, 4) is 0 Å². The highest BCUT2D eigenvalue weighted by atomic mass is 19.2. The van der Waals surface area contributed by atoms with Gasteiger partial charge in [0.05, 0.1) is 6.04 Å². The second-order valence-electron chi connectivity index (χ2n) is 1.99. The van der Waals surface area contributed by atoms with Gasteiger partial charge in [0.2, 0.25) is 0 Å². The van der Waals surface area contributed by atoms with E-state index >= 15 is 0 Å². The van der Waals surface area contributed by atoms with Gasteiger partial charge in [0.25, 0.3) is 0 Å². The van der Waals surface area contributed by atoms with Gasteiger partial charge in [-0.3, -0.25) is 4.79 Å². The van der Waals surface area contributed by atoms with Crippen molar-refractivity contribution in [3.05, 3.63) is 0 Å². The lowest BCUT2D eigenvalue weighted by molar-refractivity contribution is 0.0228. The van der Waals surface area contributed by atoms with Crippen molar-refractivity contribution in [1.29, 1.82) is 0 Å². The summed E-state index contributed by atoms with van der Waals surface area (Å²) in [6.45, 7) is 0. The van der Waals surface area contributed by atoms with E-state index in [1.54, 1.807) is 0 Å². The summed E-state index contributed by atoms with van der Waals surface area (Å²) in [5, 5.41) is 0.128. The molecule has 0 aromatic rings. The zero-order chi connectivity index (χ0) is 5.98. The summed E-state index contributed by atoms with van der Waals surface area (Å²) in [6.07, 6.45) is 3.81. The van der Waals surface area contributed by atoms with Crippen molar-refractivity contribution < 1.29 is 9.28 Å². The third kappa shape index (κ3) is 0.804. The van der Waals surface area contributed by atoms with E-state index < -0.39 is 0 Å². The Morgan fingerprint density at radius 1 is 1.62 bits per heavy atom. The number of halogens is 1. The second kappa shape index (κ2) is 2.11. The van der Waals surface area contributed by atoms with Gasteiger partial charge in [-0.05, 0) is 19.3 Å². The molecule has 1 radical (unpaired) electrons. The Hall–Kier alpha value is -0.600. The maximum absolute atomic E-state index is 12.0. The van der Waals surface area contributed by atoms with Gasteiger partial charge < -0.3 is 0 Å². The van der Waals surface area contributed by atoms with E-state index in [9.17, 15) is 9.28 Å². The summed E-state index contributed by atoms with van der Waals surface area (Å²) >= 11 is 0. The average Bonchev–Trinajstić information content (AvgIpc) is 1.62. The first-order valence-electron chi connectivity index (χ1n) is 2.67. The lowest BCUT2D eigenvalue weighted by Crippen LogP contribution is -2.32. The van der Waals surface area contributed by atoms with Crippen LogP contribution < -0.4 is 0 Å². The predicted molar refractivity (Wildman–Crippen MR) is 26.3 cm³/mol. The number of nitrogens with zero attached hydrogens (tertiary/aromatic N) is 1. The van der Waals surface area contributed by atoms with Crippen LogP contribution in [0, 0.1) is 0 Å². The van der Waals surface area contributed by atoms with E-state index in [2.05, 4.69) is 0 Å². The highest BCUT2D eigenvalue weighted by Gasteiger charge is 2.24. The van der Waals surface area contributed by atoms with Crippen LogP contribution in [0.1, 0.15) is 19.3 Å². The van der Waals surface area contributed by atoms with Gasteiger partial charge in [-0.1, -0.05) is 4.48 Å². The summed E-state index contributed by atoms with van der Waals surface area (Å²) in [5.74, 6) is 0. The smallest absolute Gasteiger partial charge is 0.261 e. The minimum atomic E-state index is -0.160. The Balaban J connectivity index is 2.22. The summed E-state index contributed by atoms with van der Waals surface area (Å²) < 4.78 is 12.0. The van der Waals surface area contributed by atoms with Gasteiger partial charge in [-0.25, -0.2) is 0 Å². The van der Waals surface area contributed by atoms with Gasteiger partial charge in [0.1, 0.15) is 0 Å². The molecule has 0 aromatic carbocycles. The first kappa shape index (κ1) is 5.54. The molecule has 0 bridgehead atoms. The van der Waals surface area contributed by atoms with E-state index in [0.717, 1.165) is 19.3 Å². The molecule has 0 saturated heterocycles. The van der Waals surface area contributed by atoms with E-state index in [4.69, 9.17) is 0 Å². The molecule has 3 heteroatoms. The summed E-state index contributed by atoms with van der Waals surface area (Å²) in [5.41, 5.74) is 0. The van der Waals surface area contributed by atoms with E-state index in [-0.39, 0.29) is 11.2 Å². The zero-order valence-electron chi connectivity index (χ0n) is 4.43. The Kier molecular flexibility index (Phi) is 1.46. The molecule has 0 aliphatic heterocycles. The second-order valence-corrected chi connectivity index (χ2v) is 1.99. The fourth-order valence-corrected chi connectivity index (χ4v) is 0.688. The largest absolute Gasteiger partial charge is 0.342 e. The Morgan fingerprint density at radius 3 is 2.38 bits per heavy atom. The highest BCUT2D eigenvalue weighted by Crippen LogP contribution is 2.23. The molecule has 1 saturated carbocycles. The standard InChI is InChI=1S/C5H7FNO/c6-7(4-8)5-2-1-3-5/h5H,1-3H2. The number of hydrogen-bond acceptors (Lipinski definition) is 1. The molecule has 1 amide bonds. The SMILES string of the molecule is O=[C]N(F)C1CCC1. The molecular weight excluding hydrogens is 109 g/mol. The van der Waals surface area contributed by atoms with Crippen LogP contribution in [0.15, 0.2) is 0 Å². The Labute approximate surface area is 47.2 Å². The van der Waals surface area contributed by atoms with Gasteiger partial charge in [-0.2, -0.15) is 5.12 Å². The molecule has 2 nitrogen and oxygen atoms in total. The molecule has 1 aliphatic rings. The number of amides is 1. The molecule has 0 heterocycles. The molecule has 1 aliphatic carbocycles. The van der Waals surface area contributed by atoms with Crippen LogP contribution in [0.3, 0.4) is 0 Å². The molecular formula is C5H7FNO. The van der Waals surface area contributed by atoms with Crippen LogP contribution in [0.5, 0.6) is 0 Å². The lowest BCUT2D eigenvalue weighted by Gasteiger charge is -2.26. The van der Waals surface area contributed by atoms with Crippen molar-refractivity contribution in [2.75, 3.05) is 0 Å². The third-order valence-corrected chi connectivity index (χ3v) is 1.48. The van der Waals surface area contributed by atoms with Gasteiger partial charge in [-0.15, -0.1) is 0 Å². The molecule has 0 aromatic heterocycles. The maximum atomic E-state index is 12.0. The molecule has 0 unspecified atom stereocenters.